The van der Waals surface area contributed by atoms with E-state index in [4.69, 9.17) is 5.11 Å². The summed E-state index contributed by atoms with van der Waals surface area (Å²) in [6.07, 6.45) is 1.07. The van der Waals surface area contributed by atoms with Crippen molar-refractivity contribution in [3.8, 4) is 0 Å². The van der Waals surface area contributed by atoms with Crippen LogP contribution in [0.5, 0.6) is 0 Å². The van der Waals surface area contributed by atoms with Gasteiger partial charge in [0.25, 0.3) is 0 Å². The molecular formula is C16H19N3O2S. The van der Waals surface area contributed by atoms with Crippen molar-refractivity contribution in [3.05, 3.63) is 47.0 Å². The van der Waals surface area contributed by atoms with Crippen molar-refractivity contribution in [3.63, 3.8) is 0 Å². The Bertz CT molecular complexity index is 621. The third kappa shape index (κ3) is 3.64. The summed E-state index contributed by atoms with van der Waals surface area (Å²) in [5.74, 6) is -0.955. The molecule has 1 aromatic heterocycles. The molecule has 0 radical (unpaired) electrons. The molecule has 0 bridgehead atoms. The SMILES string of the molecule is O=C(O)c1csc(N2CCN(CCc3ccccc3)CC2)n1. The summed E-state index contributed by atoms with van der Waals surface area (Å²) < 4.78 is 0. The summed E-state index contributed by atoms with van der Waals surface area (Å²) in [6, 6.07) is 10.5. The van der Waals surface area contributed by atoms with E-state index in [1.54, 1.807) is 5.38 Å². The standard InChI is InChI=1S/C16H19N3O2S/c20-15(21)14-12-22-16(17-14)19-10-8-18(9-11-19)7-6-13-4-2-1-3-5-13/h1-5,12H,6-11H2,(H,20,21). The molecule has 0 spiro atoms. The van der Waals surface area contributed by atoms with Crippen LogP contribution in [-0.2, 0) is 6.42 Å². The zero-order chi connectivity index (χ0) is 15.4. The second-order valence-electron chi connectivity index (χ2n) is 5.38. The predicted octanol–water partition coefficient (Wildman–Crippen LogP) is 2.21. The van der Waals surface area contributed by atoms with E-state index in [1.165, 1.54) is 16.9 Å². The van der Waals surface area contributed by atoms with Gasteiger partial charge in [-0.3, -0.25) is 4.90 Å². The molecule has 0 saturated carbocycles. The first-order valence-electron chi connectivity index (χ1n) is 7.42. The van der Waals surface area contributed by atoms with Gasteiger partial charge in [-0.2, -0.15) is 0 Å². The Labute approximate surface area is 133 Å². The molecule has 5 nitrogen and oxygen atoms in total. The van der Waals surface area contributed by atoms with Crippen molar-refractivity contribution >= 4 is 22.4 Å². The summed E-state index contributed by atoms with van der Waals surface area (Å²) >= 11 is 1.41. The molecule has 1 saturated heterocycles. The number of aromatic carboxylic acids is 1. The van der Waals surface area contributed by atoms with Crippen molar-refractivity contribution < 1.29 is 9.90 Å². The highest BCUT2D eigenvalue weighted by atomic mass is 32.1. The van der Waals surface area contributed by atoms with Crippen LogP contribution >= 0.6 is 11.3 Å². The summed E-state index contributed by atoms with van der Waals surface area (Å²) in [6.45, 7) is 4.86. The number of hydrogen-bond acceptors (Lipinski definition) is 5. The van der Waals surface area contributed by atoms with Crippen LogP contribution in [0.2, 0.25) is 0 Å². The highest BCUT2D eigenvalue weighted by Gasteiger charge is 2.20. The lowest BCUT2D eigenvalue weighted by Crippen LogP contribution is -2.47. The van der Waals surface area contributed by atoms with E-state index in [-0.39, 0.29) is 5.69 Å². The number of carboxylic acids is 1. The van der Waals surface area contributed by atoms with E-state index < -0.39 is 5.97 Å². The van der Waals surface area contributed by atoms with Crippen LogP contribution < -0.4 is 4.90 Å². The van der Waals surface area contributed by atoms with E-state index in [1.807, 2.05) is 6.07 Å². The topological polar surface area (TPSA) is 56.7 Å². The highest BCUT2D eigenvalue weighted by Crippen LogP contribution is 2.21. The number of rotatable bonds is 5. The molecule has 116 valence electrons. The molecule has 0 aliphatic carbocycles. The van der Waals surface area contributed by atoms with Crippen LogP contribution in [-0.4, -0.2) is 53.7 Å². The summed E-state index contributed by atoms with van der Waals surface area (Å²) in [7, 11) is 0. The average Bonchev–Trinajstić information content (AvgIpc) is 3.05. The number of aromatic nitrogens is 1. The zero-order valence-corrected chi connectivity index (χ0v) is 13.1. The lowest BCUT2D eigenvalue weighted by molar-refractivity contribution is 0.0691. The molecule has 3 rings (SSSR count). The van der Waals surface area contributed by atoms with Crippen molar-refractivity contribution in [2.24, 2.45) is 0 Å². The smallest absolute Gasteiger partial charge is 0.355 e. The van der Waals surface area contributed by atoms with Crippen LogP contribution in [0, 0.1) is 0 Å². The average molecular weight is 317 g/mol. The minimum atomic E-state index is -0.955. The first kappa shape index (κ1) is 15.0. The molecule has 2 aromatic rings. The normalized spacial score (nSPS) is 15.9. The zero-order valence-electron chi connectivity index (χ0n) is 12.3. The van der Waals surface area contributed by atoms with Crippen LogP contribution in [0.15, 0.2) is 35.7 Å². The second-order valence-corrected chi connectivity index (χ2v) is 6.22. The van der Waals surface area contributed by atoms with E-state index >= 15 is 0 Å². The van der Waals surface area contributed by atoms with Crippen molar-refractivity contribution in [2.75, 3.05) is 37.6 Å². The van der Waals surface area contributed by atoms with Crippen LogP contribution in [0.1, 0.15) is 16.1 Å². The molecule has 22 heavy (non-hydrogen) atoms. The van der Waals surface area contributed by atoms with E-state index in [0.29, 0.717) is 0 Å². The Morgan fingerprint density at radius 1 is 1.18 bits per heavy atom. The third-order valence-corrected chi connectivity index (χ3v) is 4.81. The molecule has 6 heteroatoms. The largest absolute Gasteiger partial charge is 0.476 e. The molecule has 1 aliphatic heterocycles. The Hall–Kier alpha value is -1.92. The maximum absolute atomic E-state index is 10.9. The molecule has 0 unspecified atom stereocenters. The van der Waals surface area contributed by atoms with Gasteiger partial charge < -0.3 is 10.0 Å². The minimum absolute atomic E-state index is 0.145. The van der Waals surface area contributed by atoms with Crippen molar-refractivity contribution in [2.45, 2.75) is 6.42 Å². The van der Waals surface area contributed by atoms with Crippen LogP contribution in [0.25, 0.3) is 0 Å². The number of nitrogens with zero attached hydrogens (tertiary/aromatic N) is 3. The highest BCUT2D eigenvalue weighted by molar-refractivity contribution is 7.13. The van der Waals surface area contributed by atoms with Gasteiger partial charge in [0.15, 0.2) is 10.8 Å². The molecular weight excluding hydrogens is 298 g/mol. The first-order chi connectivity index (χ1) is 10.7. The second kappa shape index (κ2) is 6.89. The van der Waals surface area contributed by atoms with E-state index in [0.717, 1.165) is 44.3 Å². The van der Waals surface area contributed by atoms with Crippen LogP contribution in [0.3, 0.4) is 0 Å². The van der Waals surface area contributed by atoms with Gasteiger partial charge in [-0.15, -0.1) is 11.3 Å². The number of hydrogen-bond donors (Lipinski definition) is 1. The summed E-state index contributed by atoms with van der Waals surface area (Å²) in [4.78, 5) is 19.7. The minimum Gasteiger partial charge on any atom is -0.476 e. The summed E-state index contributed by atoms with van der Waals surface area (Å²) in [5.41, 5.74) is 1.52. The first-order valence-corrected chi connectivity index (χ1v) is 8.30. The number of benzene rings is 1. The quantitative estimate of drug-likeness (QED) is 0.916. The third-order valence-electron chi connectivity index (χ3n) is 3.91. The molecule has 1 aromatic carbocycles. The summed E-state index contributed by atoms with van der Waals surface area (Å²) in [5, 5.41) is 11.4. The Morgan fingerprint density at radius 2 is 1.91 bits per heavy atom. The van der Waals surface area contributed by atoms with Crippen molar-refractivity contribution in [1.82, 2.24) is 9.88 Å². The Kier molecular flexibility index (Phi) is 4.70. The number of carboxylic acid groups (broad SMARTS) is 1. The maximum Gasteiger partial charge on any atom is 0.355 e. The molecule has 2 heterocycles. The maximum atomic E-state index is 10.9. The van der Waals surface area contributed by atoms with E-state index in [2.05, 4.69) is 39.0 Å². The predicted molar refractivity (Wildman–Crippen MR) is 87.9 cm³/mol. The van der Waals surface area contributed by atoms with Gasteiger partial charge in [0.2, 0.25) is 0 Å². The molecule has 1 aliphatic rings. The fourth-order valence-corrected chi connectivity index (χ4v) is 3.46. The number of piperazine rings is 1. The number of carbonyl (C=O) groups is 1. The monoisotopic (exact) mass is 317 g/mol. The fraction of sp³-hybridized carbons (Fsp3) is 0.375. The van der Waals surface area contributed by atoms with Crippen molar-refractivity contribution in [1.29, 1.82) is 0 Å². The molecule has 1 N–H and O–H groups in total. The lowest BCUT2D eigenvalue weighted by Gasteiger charge is -2.34. The van der Waals surface area contributed by atoms with Gasteiger partial charge in [-0.1, -0.05) is 30.3 Å². The van der Waals surface area contributed by atoms with Gasteiger partial charge in [-0.05, 0) is 12.0 Å². The Balaban J connectivity index is 1.48. The number of thiazole rings is 1. The number of anilines is 1. The molecule has 1 fully saturated rings. The van der Waals surface area contributed by atoms with Gasteiger partial charge >= 0.3 is 5.97 Å². The van der Waals surface area contributed by atoms with Gasteiger partial charge in [0.1, 0.15) is 0 Å². The van der Waals surface area contributed by atoms with E-state index in [9.17, 15) is 4.79 Å². The van der Waals surface area contributed by atoms with Crippen LogP contribution in [0.4, 0.5) is 5.13 Å². The Morgan fingerprint density at radius 3 is 2.55 bits per heavy atom. The molecule has 0 amide bonds. The fourth-order valence-electron chi connectivity index (χ4n) is 2.60. The van der Waals surface area contributed by atoms with Gasteiger partial charge in [0, 0.05) is 38.1 Å². The molecule has 0 atom stereocenters. The van der Waals surface area contributed by atoms with Gasteiger partial charge in [0.05, 0.1) is 0 Å². The van der Waals surface area contributed by atoms with Gasteiger partial charge in [-0.25, -0.2) is 9.78 Å². The lowest BCUT2D eigenvalue weighted by atomic mass is 10.1.